The molecule has 0 amide bonds. The van der Waals surface area contributed by atoms with Gasteiger partial charge in [0.15, 0.2) is 0 Å². The number of aromatic carboxylic acids is 1. The minimum absolute atomic E-state index is 0.334. The van der Waals surface area contributed by atoms with Gasteiger partial charge in [-0.1, -0.05) is 6.07 Å². The van der Waals surface area contributed by atoms with Gasteiger partial charge >= 0.3 is 5.97 Å². The molecule has 0 atom stereocenters. The van der Waals surface area contributed by atoms with Crippen molar-refractivity contribution in [2.45, 2.75) is 19.5 Å². The van der Waals surface area contributed by atoms with E-state index in [9.17, 15) is 4.79 Å². The summed E-state index contributed by atoms with van der Waals surface area (Å²) < 4.78 is 0. The van der Waals surface area contributed by atoms with Crippen LogP contribution >= 0.6 is 0 Å². The summed E-state index contributed by atoms with van der Waals surface area (Å²) in [7, 11) is 0. The first-order valence-electron chi connectivity index (χ1n) is 5.15. The summed E-state index contributed by atoms with van der Waals surface area (Å²) >= 11 is 0. The number of hydrogen-bond acceptors (Lipinski definition) is 3. The first-order valence-corrected chi connectivity index (χ1v) is 5.15. The van der Waals surface area contributed by atoms with Crippen molar-refractivity contribution >= 4 is 5.97 Å². The molecule has 0 saturated carbocycles. The predicted molar refractivity (Wildman–Crippen MR) is 57.7 cm³/mol. The van der Waals surface area contributed by atoms with Gasteiger partial charge < -0.3 is 5.11 Å². The van der Waals surface area contributed by atoms with E-state index in [0.717, 1.165) is 25.2 Å². The third-order valence-electron chi connectivity index (χ3n) is 2.78. The lowest BCUT2D eigenvalue weighted by atomic mass is 10.1. The Bertz CT molecular complexity index is 463. The maximum absolute atomic E-state index is 10.8. The quantitative estimate of drug-likeness (QED) is 0.833. The molecule has 0 bridgehead atoms. The van der Waals surface area contributed by atoms with Gasteiger partial charge in [0, 0.05) is 26.1 Å². The van der Waals surface area contributed by atoms with Crippen molar-refractivity contribution in [2.24, 2.45) is 0 Å². The average Bonchev–Trinajstić information content (AvgIpc) is 2.67. The standard InChI is InChI=1S/C12H12N2O2/c13-4-1-5-14-7-10-3-2-9(12(15)16)6-11(10)8-14/h2-3,6H,1,5,7-8H2,(H,15,16). The van der Waals surface area contributed by atoms with Crippen LogP contribution < -0.4 is 0 Å². The van der Waals surface area contributed by atoms with Gasteiger partial charge in [-0.15, -0.1) is 0 Å². The highest BCUT2D eigenvalue weighted by Gasteiger charge is 2.19. The van der Waals surface area contributed by atoms with E-state index in [1.165, 1.54) is 5.56 Å². The number of nitrogens with zero attached hydrogens (tertiary/aromatic N) is 2. The fourth-order valence-electron chi connectivity index (χ4n) is 1.96. The van der Waals surface area contributed by atoms with Crippen molar-refractivity contribution in [1.82, 2.24) is 4.90 Å². The lowest BCUT2D eigenvalue weighted by Gasteiger charge is -2.11. The van der Waals surface area contributed by atoms with Crippen LogP contribution in [-0.4, -0.2) is 22.5 Å². The van der Waals surface area contributed by atoms with E-state index in [-0.39, 0.29) is 0 Å². The van der Waals surface area contributed by atoms with Gasteiger partial charge in [0.25, 0.3) is 0 Å². The van der Waals surface area contributed by atoms with Crippen LogP contribution in [0.15, 0.2) is 18.2 Å². The normalized spacial score (nSPS) is 14.4. The molecule has 2 rings (SSSR count). The maximum atomic E-state index is 10.8. The molecule has 0 radical (unpaired) electrons. The van der Waals surface area contributed by atoms with E-state index in [2.05, 4.69) is 11.0 Å². The van der Waals surface area contributed by atoms with Crippen molar-refractivity contribution in [2.75, 3.05) is 6.54 Å². The van der Waals surface area contributed by atoms with E-state index in [0.29, 0.717) is 12.0 Å². The molecule has 16 heavy (non-hydrogen) atoms. The van der Waals surface area contributed by atoms with Gasteiger partial charge in [-0.2, -0.15) is 5.26 Å². The number of benzene rings is 1. The molecule has 1 aromatic carbocycles. The van der Waals surface area contributed by atoms with Crippen LogP contribution in [0.25, 0.3) is 0 Å². The summed E-state index contributed by atoms with van der Waals surface area (Å²) in [4.78, 5) is 12.9. The summed E-state index contributed by atoms with van der Waals surface area (Å²) in [5, 5.41) is 17.4. The molecule has 0 aromatic heterocycles. The highest BCUT2D eigenvalue weighted by Crippen LogP contribution is 2.23. The second-order valence-electron chi connectivity index (χ2n) is 3.91. The maximum Gasteiger partial charge on any atom is 0.335 e. The largest absolute Gasteiger partial charge is 0.478 e. The Kier molecular flexibility index (Phi) is 2.88. The SMILES string of the molecule is N#CCCN1Cc2ccc(C(=O)O)cc2C1. The summed E-state index contributed by atoms with van der Waals surface area (Å²) in [5.41, 5.74) is 2.57. The molecule has 4 heteroatoms. The molecule has 0 fully saturated rings. The third kappa shape index (κ3) is 2.05. The van der Waals surface area contributed by atoms with Crippen LogP contribution in [0, 0.1) is 11.3 Å². The van der Waals surface area contributed by atoms with Crippen molar-refractivity contribution in [3.05, 3.63) is 34.9 Å². The minimum atomic E-state index is -0.890. The van der Waals surface area contributed by atoms with Gasteiger partial charge in [0.2, 0.25) is 0 Å². The lowest BCUT2D eigenvalue weighted by Crippen LogP contribution is -2.17. The average molecular weight is 216 g/mol. The van der Waals surface area contributed by atoms with Crippen molar-refractivity contribution in [1.29, 1.82) is 5.26 Å². The summed E-state index contributed by atoms with van der Waals surface area (Å²) in [6.07, 6.45) is 0.514. The van der Waals surface area contributed by atoms with Crippen molar-refractivity contribution < 1.29 is 9.90 Å². The number of fused-ring (bicyclic) bond motifs is 1. The van der Waals surface area contributed by atoms with Crippen LogP contribution in [0.3, 0.4) is 0 Å². The topological polar surface area (TPSA) is 64.3 Å². The molecule has 1 heterocycles. The monoisotopic (exact) mass is 216 g/mol. The highest BCUT2D eigenvalue weighted by atomic mass is 16.4. The predicted octanol–water partition coefficient (Wildman–Crippen LogP) is 1.61. The van der Waals surface area contributed by atoms with Gasteiger partial charge in [-0.05, 0) is 23.3 Å². The van der Waals surface area contributed by atoms with E-state index in [1.54, 1.807) is 12.1 Å². The molecule has 1 aliphatic heterocycles. The summed E-state index contributed by atoms with van der Waals surface area (Å²) in [6.45, 7) is 2.31. The lowest BCUT2D eigenvalue weighted by molar-refractivity contribution is 0.0697. The zero-order valence-corrected chi connectivity index (χ0v) is 8.81. The molecule has 1 N–H and O–H groups in total. The van der Waals surface area contributed by atoms with Crippen LogP contribution in [0.4, 0.5) is 0 Å². The zero-order valence-electron chi connectivity index (χ0n) is 8.81. The molecule has 0 aliphatic carbocycles. The molecule has 4 nitrogen and oxygen atoms in total. The fraction of sp³-hybridized carbons (Fsp3) is 0.333. The van der Waals surface area contributed by atoms with Crippen molar-refractivity contribution in [3.63, 3.8) is 0 Å². The number of carboxylic acid groups (broad SMARTS) is 1. The Balaban J connectivity index is 2.13. The summed E-state index contributed by atoms with van der Waals surface area (Å²) in [5.74, 6) is -0.890. The second kappa shape index (κ2) is 4.33. The first-order chi connectivity index (χ1) is 7.70. The Morgan fingerprint density at radius 1 is 1.44 bits per heavy atom. The van der Waals surface area contributed by atoms with E-state index >= 15 is 0 Å². The molecular formula is C12H12N2O2. The molecular weight excluding hydrogens is 204 g/mol. The fourth-order valence-corrected chi connectivity index (χ4v) is 1.96. The van der Waals surface area contributed by atoms with E-state index in [4.69, 9.17) is 10.4 Å². The molecule has 82 valence electrons. The van der Waals surface area contributed by atoms with Gasteiger partial charge in [-0.25, -0.2) is 4.79 Å². The second-order valence-corrected chi connectivity index (χ2v) is 3.91. The molecule has 0 unspecified atom stereocenters. The van der Waals surface area contributed by atoms with Crippen LogP contribution in [0.5, 0.6) is 0 Å². The minimum Gasteiger partial charge on any atom is -0.478 e. The number of hydrogen-bond donors (Lipinski definition) is 1. The summed E-state index contributed by atoms with van der Waals surface area (Å²) in [6, 6.07) is 7.34. The smallest absolute Gasteiger partial charge is 0.335 e. The van der Waals surface area contributed by atoms with Crippen LogP contribution in [0.2, 0.25) is 0 Å². The van der Waals surface area contributed by atoms with E-state index in [1.807, 2.05) is 6.07 Å². The van der Waals surface area contributed by atoms with Crippen molar-refractivity contribution in [3.8, 4) is 6.07 Å². The number of carboxylic acids is 1. The van der Waals surface area contributed by atoms with Gasteiger partial charge in [0.1, 0.15) is 0 Å². The third-order valence-corrected chi connectivity index (χ3v) is 2.78. The van der Waals surface area contributed by atoms with Gasteiger partial charge in [-0.3, -0.25) is 4.90 Å². The van der Waals surface area contributed by atoms with Gasteiger partial charge in [0.05, 0.1) is 11.6 Å². The zero-order chi connectivity index (χ0) is 11.5. The Hall–Kier alpha value is -1.86. The highest BCUT2D eigenvalue weighted by molar-refractivity contribution is 5.87. The number of rotatable bonds is 3. The molecule has 1 aromatic rings. The Morgan fingerprint density at radius 3 is 2.88 bits per heavy atom. The number of nitriles is 1. The van der Waals surface area contributed by atoms with E-state index < -0.39 is 5.97 Å². The first kappa shape index (κ1) is 10.7. The van der Waals surface area contributed by atoms with Crippen LogP contribution in [-0.2, 0) is 13.1 Å². The Morgan fingerprint density at radius 2 is 2.19 bits per heavy atom. The molecule has 1 aliphatic rings. The Labute approximate surface area is 93.7 Å². The molecule has 0 saturated heterocycles. The molecule has 0 spiro atoms. The number of carbonyl (C=O) groups is 1. The van der Waals surface area contributed by atoms with Crippen LogP contribution in [0.1, 0.15) is 27.9 Å².